The molecule has 1 aliphatic heterocycles. The SMILES string of the molecule is NS(=O)(=O)c1ccc2c(c1)C1C=CCC1C(c1c(F)cc(Br)cc1F)N2. The van der Waals surface area contributed by atoms with Crippen LogP contribution in [0.4, 0.5) is 14.5 Å². The van der Waals surface area contributed by atoms with Gasteiger partial charge in [0, 0.05) is 21.6 Å². The fraction of sp³-hybridized carbons (Fsp3) is 0.222. The van der Waals surface area contributed by atoms with Gasteiger partial charge >= 0.3 is 0 Å². The molecule has 3 unspecified atom stereocenters. The predicted molar refractivity (Wildman–Crippen MR) is 98.2 cm³/mol. The standard InChI is InChI=1S/C18H15BrF2N2O2S/c19-9-6-14(20)17(15(21)7-9)18-12-3-1-2-11(12)13-8-10(26(22,24)25)4-5-16(13)23-18/h1-2,4-8,11-12,18,23H,3H2,(H2,22,24,25). The molecule has 1 heterocycles. The number of nitrogens with one attached hydrogen (secondary N) is 1. The molecule has 0 aromatic heterocycles. The number of nitrogens with two attached hydrogens (primary N) is 1. The van der Waals surface area contributed by atoms with Crippen LogP contribution in [0.5, 0.6) is 0 Å². The van der Waals surface area contributed by atoms with Crippen LogP contribution in [0.15, 0.2) is 51.9 Å². The molecule has 8 heteroatoms. The molecule has 0 saturated heterocycles. The highest BCUT2D eigenvalue weighted by molar-refractivity contribution is 9.10. The Kier molecular flexibility index (Phi) is 4.17. The van der Waals surface area contributed by atoms with E-state index in [1.807, 2.05) is 12.2 Å². The van der Waals surface area contributed by atoms with E-state index in [1.165, 1.54) is 24.3 Å². The van der Waals surface area contributed by atoms with Gasteiger partial charge in [-0.3, -0.25) is 0 Å². The summed E-state index contributed by atoms with van der Waals surface area (Å²) in [5, 5.41) is 8.42. The fourth-order valence-corrected chi connectivity index (χ4v) is 4.84. The van der Waals surface area contributed by atoms with Crippen LogP contribution in [0.2, 0.25) is 0 Å². The first-order valence-electron chi connectivity index (χ1n) is 8.00. The number of benzene rings is 2. The number of rotatable bonds is 2. The van der Waals surface area contributed by atoms with Gasteiger partial charge in [-0.2, -0.15) is 0 Å². The number of allylic oxidation sites excluding steroid dienone is 2. The van der Waals surface area contributed by atoms with Crippen LogP contribution in [0.3, 0.4) is 0 Å². The molecule has 0 spiro atoms. The van der Waals surface area contributed by atoms with Crippen molar-refractivity contribution in [3.8, 4) is 0 Å². The normalized spacial score (nSPS) is 24.1. The lowest BCUT2D eigenvalue weighted by Crippen LogP contribution is -2.30. The van der Waals surface area contributed by atoms with E-state index >= 15 is 0 Å². The number of hydrogen-bond acceptors (Lipinski definition) is 3. The van der Waals surface area contributed by atoms with E-state index < -0.39 is 27.7 Å². The summed E-state index contributed by atoms with van der Waals surface area (Å²) in [4.78, 5) is 0.0246. The molecule has 1 aliphatic carbocycles. The lowest BCUT2D eigenvalue weighted by Gasteiger charge is -2.37. The lowest BCUT2D eigenvalue weighted by atomic mass is 9.77. The predicted octanol–water partition coefficient (Wildman–Crippen LogP) is 4.20. The summed E-state index contributed by atoms with van der Waals surface area (Å²) in [6.07, 6.45) is 4.55. The van der Waals surface area contributed by atoms with Crippen molar-refractivity contribution < 1.29 is 17.2 Å². The Morgan fingerprint density at radius 3 is 2.50 bits per heavy atom. The van der Waals surface area contributed by atoms with Gasteiger partial charge in [-0.1, -0.05) is 28.1 Å². The van der Waals surface area contributed by atoms with Crippen LogP contribution in [0.1, 0.15) is 29.5 Å². The zero-order valence-corrected chi connectivity index (χ0v) is 15.8. The van der Waals surface area contributed by atoms with Crippen molar-refractivity contribution >= 4 is 31.6 Å². The van der Waals surface area contributed by atoms with E-state index in [9.17, 15) is 17.2 Å². The Hall–Kier alpha value is -1.77. The summed E-state index contributed by atoms with van der Waals surface area (Å²) in [6.45, 7) is 0. The number of sulfonamides is 1. The van der Waals surface area contributed by atoms with Crippen molar-refractivity contribution in [2.75, 3.05) is 5.32 Å². The maximum absolute atomic E-state index is 14.5. The molecule has 0 bridgehead atoms. The van der Waals surface area contributed by atoms with E-state index in [-0.39, 0.29) is 22.3 Å². The van der Waals surface area contributed by atoms with E-state index in [0.29, 0.717) is 16.6 Å². The second-order valence-corrected chi connectivity index (χ2v) is 9.03. The molecule has 2 aromatic carbocycles. The van der Waals surface area contributed by atoms with Gasteiger partial charge in [0.25, 0.3) is 0 Å². The largest absolute Gasteiger partial charge is 0.377 e. The molecule has 0 fully saturated rings. The minimum absolute atomic E-state index is 0.00641. The van der Waals surface area contributed by atoms with Crippen molar-refractivity contribution in [2.24, 2.45) is 11.1 Å². The van der Waals surface area contributed by atoms with Crippen LogP contribution in [0.25, 0.3) is 0 Å². The molecule has 0 saturated carbocycles. The molecule has 0 radical (unpaired) electrons. The molecule has 2 aliphatic rings. The second kappa shape index (κ2) is 6.14. The molecular formula is C18H15BrF2N2O2S. The first-order chi connectivity index (χ1) is 12.3. The summed E-state index contributed by atoms with van der Waals surface area (Å²) < 4.78 is 52.7. The Morgan fingerprint density at radius 2 is 1.85 bits per heavy atom. The van der Waals surface area contributed by atoms with Crippen molar-refractivity contribution in [3.05, 3.63) is 69.7 Å². The topological polar surface area (TPSA) is 72.2 Å². The van der Waals surface area contributed by atoms with E-state index in [0.717, 1.165) is 5.56 Å². The van der Waals surface area contributed by atoms with Gasteiger partial charge in [-0.05, 0) is 48.2 Å². The van der Waals surface area contributed by atoms with Gasteiger partial charge in [-0.25, -0.2) is 22.3 Å². The molecule has 3 N–H and O–H groups in total. The van der Waals surface area contributed by atoms with Gasteiger partial charge in [0.1, 0.15) is 11.6 Å². The second-order valence-electron chi connectivity index (χ2n) is 6.55. The Balaban J connectivity index is 1.84. The first-order valence-corrected chi connectivity index (χ1v) is 10.3. The Bertz CT molecular complexity index is 1020. The van der Waals surface area contributed by atoms with E-state index in [1.54, 1.807) is 6.07 Å². The highest BCUT2D eigenvalue weighted by Crippen LogP contribution is 2.51. The monoisotopic (exact) mass is 440 g/mol. The first kappa shape index (κ1) is 17.6. The minimum atomic E-state index is -3.83. The smallest absolute Gasteiger partial charge is 0.238 e. The van der Waals surface area contributed by atoms with E-state index in [2.05, 4.69) is 21.2 Å². The van der Waals surface area contributed by atoms with Gasteiger partial charge in [-0.15, -0.1) is 0 Å². The molecule has 0 amide bonds. The molecule has 4 nitrogen and oxygen atoms in total. The van der Waals surface area contributed by atoms with Gasteiger partial charge in [0.2, 0.25) is 10.0 Å². The number of primary sulfonamides is 1. The van der Waals surface area contributed by atoms with Crippen LogP contribution < -0.4 is 10.5 Å². The van der Waals surface area contributed by atoms with Gasteiger partial charge in [0.15, 0.2) is 0 Å². The van der Waals surface area contributed by atoms with Crippen LogP contribution in [-0.2, 0) is 10.0 Å². The fourth-order valence-electron chi connectivity index (χ4n) is 3.89. The Morgan fingerprint density at radius 1 is 1.15 bits per heavy atom. The van der Waals surface area contributed by atoms with E-state index in [4.69, 9.17) is 5.14 Å². The third kappa shape index (κ3) is 2.86. The molecule has 136 valence electrons. The summed E-state index contributed by atoms with van der Waals surface area (Å²) in [6, 6.07) is 6.46. The highest BCUT2D eigenvalue weighted by atomic mass is 79.9. The zero-order valence-electron chi connectivity index (χ0n) is 13.4. The molecular weight excluding hydrogens is 426 g/mol. The number of halogens is 3. The maximum Gasteiger partial charge on any atom is 0.238 e. The number of hydrogen-bond donors (Lipinski definition) is 2. The molecule has 2 aromatic rings. The molecule has 4 rings (SSSR count). The summed E-state index contributed by atoms with van der Waals surface area (Å²) in [5.41, 5.74) is 1.41. The summed E-state index contributed by atoms with van der Waals surface area (Å²) in [5.74, 6) is -1.50. The molecule has 3 atom stereocenters. The van der Waals surface area contributed by atoms with Crippen molar-refractivity contribution in [1.82, 2.24) is 0 Å². The average Bonchev–Trinajstić information content (AvgIpc) is 3.02. The van der Waals surface area contributed by atoms with Crippen molar-refractivity contribution in [3.63, 3.8) is 0 Å². The van der Waals surface area contributed by atoms with Crippen LogP contribution >= 0.6 is 15.9 Å². The quantitative estimate of drug-likeness (QED) is 0.687. The number of anilines is 1. The third-order valence-electron chi connectivity index (χ3n) is 5.02. The number of fused-ring (bicyclic) bond motifs is 3. The zero-order chi connectivity index (χ0) is 18.6. The minimum Gasteiger partial charge on any atom is -0.377 e. The maximum atomic E-state index is 14.5. The third-order valence-corrected chi connectivity index (χ3v) is 6.39. The van der Waals surface area contributed by atoms with Crippen molar-refractivity contribution in [1.29, 1.82) is 0 Å². The van der Waals surface area contributed by atoms with Crippen molar-refractivity contribution in [2.45, 2.75) is 23.3 Å². The van der Waals surface area contributed by atoms with Gasteiger partial charge < -0.3 is 5.32 Å². The Labute approximate surface area is 158 Å². The summed E-state index contributed by atoms with van der Waals surface area (Å²) >= 11 is 3.10. The van der Waals surface area contributed by atoms with Crippen LogP contribution in [0, 0.1) is 17.6 Å². The summed E-state index contributed by atoms with van der Waals surface area (Å²) in [7, 11) is -3.83. The van der Waals surface area contributed by atoms with Gasteiger partial charge in [0.05, 0.1) is 10.9 Å². The van der Waals surface area contributed by atoms with Crippen LogP contribution in [-0.4, -0.2) is 8.42 Å². The molecule has 26 heavy (non-hydrogen) atoms. The lowest BCUT2D eigenvalue weighted by molar-refractivity contribution is 0.398. The average molecular weight is 441 g/mol. The highest BCUT2D eigenvalue weighted by Gasteiger charge is 2.40.